The van der Waals surface area contributed by atoms with Crippen molar-refractivity contribution in [3.63, 3.8) is 0 Å². The van der Waals surface area contributed by atoms with Crippen molar-refractivity contribution in [2.24, 2.45) is 0 Å². The van der Waals surface area contributed by atoms with Crippen molar-refractivity contribution >= 4 is 5.69 Å². The molecule has 0 aliphatic carbocycles. The van der Waals surface area contributed by atoms with E-state index in [1.165, 1.54) is 11.4 Å². The molecule has 2 aromatic rings. The zero-order valence-electron chi connectivity index (χ0n) is 10.3. The number of nitrogens with zero attached hydrogens (tertiary/aromatic N) is 1. The molecule has 0 spiro atoms. The van der Waals surface area contributed by atoms with Gasteiger partial charge in [-0.3, -0.25) is 0 Å². The van der Waals surface area contributed by atoms with Gasteiger partial charge in [0.2, 0.25) is 0 Å². The number of aryl methyl sites for hydroxylation is 2. The normalized spacial score (nSPS) is 10.5. The number of para-hydroxylation sites is 2. The fourth-order valence-corrected chi connectivity index (χ4v) is 1.91. The smallest absolute Gasteiger partial charge is 0.142 e. The number of rotatable bonds is 4. The summed E-state index contributed by atoms with van der Waals surface area (Å²) >= 11 is 0. The third kappa shape index (κ3) is 2.61. The Kier molecular flexibility index (Phi) is 3.38. The van der Waals surface area contributed by atoms with Crippen LogP contribution in [0, 0.1) is 13.8 Å². The van der Waals surface area contributed by atoms with Crippen molar-refractivity contribution in [3.8, 4) is 5.75 Å². The highest BCUT2D eigenvalue weighted by Gasteiger charge is 2.02. The molecule has 0 unspecified atom stereocenters. The quantitative estimate of drug-likeness (QED) is 0.820. The van der Waals surface area contributed by atoms with E-state index < -0.39 is 0 Å². The molecule has 0 aliphatic rings. The summed E-state index contributed by atoms with van der Waals surface area (Å²) in [5.41, 5.74) is 9.01. The van der Waals surface area contributed by atoms with E-state index in [1.54, 1.807) is 0 Å². The molecule has 0 radical (unpaired) electrons. The molecule has 1 aromatic carbocycles. The molecule has 2 N–H and O–H groups in total. The van der Waals surface area contributed by atoms with Gasteiger partial charge in [-0.15, -0.1) is 0 Å². The lowest BCUT2D eigenvalue weighted by Gasteiger charge is -2.11. The Hall–Kier alpha value is -1.90. The molecule has 0 amide bonds. The first kappa shape index (κ1) is 11.6. The van der Waals surface area contributed by atoms with Crippen LogP contribution in [0.5, 0.6) is 5.75 Å². The maximum absolute atomic E-state index is 5.81. The Labute approximate surface area is 102 Å². The fraction of sp³-hybridized carbons (Fsp3) is 0.286. The minimum Gasteiger partial charge on any atom is -0.490 e. The Morgan fingerprint density at radius 3 is 2.35 bits per heavy atom. The number of nitrogen functional groups attached to an aromatic ring is 1. The molecule has 3 heteroatoms. The number of hydrogen-bond acceptors (Lipinski definition) is 2. The van der Waals surface area contributed by atoms with Crippen LogP contribution >= 0.6 is 0 Å². The van der Waals surface area contributed by atoms with Gasteiger partial charge >= 0.3 is 0 Å². The number of hydrogen-bond donors (Lipinski definition) is 1. The van der Waals surface area contributed by atoms with Crippen LogP contribution in [0.1, 0.15) is 11.4 Å². The lowest BCUT2D eigenvalue weighted by atomic mass is 10.3. The lowest BCUT2D eigenvalue weighted by molar-refractivity contribution is 0.298. The van der Waals surface area contributed by atoms with Crippen LogP contribution in [-0.4, -0.2) is 11.2 Å². The van der Waals surface area contributed by atoms with Crippen molar-refractivity contribution in [1.82, 2.24) is 4.57 Å². The second kappa shape index (κ2) is 4.95. The van der Waals surface area contributed by atoms with E-state index in [9.17, 15) is 0 Å². The first-order valence-corrected chi connectivity index (χ1v) is 5.78. The first-order valence-electron chi connectivity index (χ1n) is 5.78. The van der Waals surface area contributed by atoms with Crippen LogP contribution in [-0.2, 0) is 6.54 Å². The van der Waals surface area contributed by atoms with Crippen LogP contribution < -0.4 is 10.5 Å². The molecular formula is C14H18N2O. The van der Waals surface area contributed by atoms with Crippen molar-refractivity contribution in [2.75, 3.05) is 12.3 Å². The van der Waals surface area contributed by atoms with E-state index in [0.29, 0.717) is 12.3 Å². The van der Waals surface area contributed by atoms with Crippen LogP contribution in [0.3, 0.4) is 0 Å². The van der Waals surface area contributed by atoms with Crippen molar-refractivity contribution in [1.29, 1.82) is 0 Å². The Morgan fingerprint density at radius 2 is 1.71 bits per heavy atom. The van der Waals surface area contributed by atoms with E-state index in [1.807, 2.05) is 24.3 Å². The summed E-state index contributed by atoms with van der Waals surface area (Å²) in [6.07, 6.45) is 0. The fourth-order valence-electron chi connectivity index (χ4n) is 1.91. The van der Waals surface area contributed by atoms with E-state index in [-0.39, 0.29) is 0 Å². The van der Waals surface area contributed by atoms with E-state index in [2.05, 4.69) is 30.5 Å². The Balaban J connectivity index is 1.95. The molecule has 1 aromatic heterocycles. The predicted molar refractivity (Wildman–Crippen MR) is 70.3 cm³/mol. The SMILES string of the molecule is Cc1ccc(C)n1CCOc1ccccc1N. The second-order valence-corrected chi connectivity index (χ2v) is 4.15. The van der Waals surface area contributed by atoms with Gasteiger partial charge in [-0.25, -0.2) is 0 Å². The molecular weight excluding hydrogens is 212 g/mol. The monoisotopic (exact) mass is 230 g/mol. The molecule has 1 heterocycles. The molecule has 0 saturated heterocycles. The molecule has 0 aliphatic heterocycles. The van der Waals surface area contributed by atoms with Gasteiger partial charge in [0.1, 0.15) is 12.4 Å². The summed E-state index contributed by atoms with van der Waals surface area (Å²) in [5, 5.41) is 0. The van der Waals surface area contributed by atoms with Crippen molar-refractivity contribution in [3.05, 3.63) is 47.8 Å². The van der Waals surface area contributed by atoms with Crippen LogP contribution in [0.2, 0.25) is 0 Å². The molecule has 17 heavy (non-hydrogen) atoms. The third-order valence-corrected chi connectivity index (χ3v) is 2.91. The number of anilines is 1. The molecule has 0 fully saturated rings. The van der Waals surface area contributed by atoms with Gasteiger partial charge in [0.15, 0.2) is 0 Å². The maximum atomic E-state index is 5.81. The first-order chi connectivity index (χ1) is 8.18. The second-order valence-electron chi connectivity index (χ2n) is 4.15. The maximum Gasteiger partial charge on any atom is 0.142 e. The average Bonchev–Trinajstić information content (AvgIpc) is 2.63. The third-order valence-electron chi connectivity index (χ3n) is 2.91. The van der Waals surface area contributed by atoms with Gasteiger partial charge in [0.05, 0.1) is 12.2 Å². The number of aromatic nitrogens is 1. The van der Waals surface area contributed by atoms with Gasteiger partial charge in [-0.2, -0.15) is 0 Å². The minimum atomic E-state index is 0.630. The average molecular weight is 230 g/mol. The van der Waals surface area contributed by atoms with Gasteiger partial charge < -0.3 is 15.0 Å². The standard InChI is InChI=1S/C14H18N2O/c1-11-7-8-12(2)16(11)9-10-17-14-6-4-3-5-13(14)15/h3-8H,9-10,15H2,1-2H3. The molecule has 0 saturated carbocycles. The predicted octanol–water partition coefficient (Wildman–Crippen LogP) is 2.77. The molecule has 0 atom stereocenters. The summed E-state index contributed by atoms with van der Waals surface area (Å²) in [5.74, 6) is 0.759. The molecule has 2 rings (SSSR count). The highest BCUT2D eigenvalue weighted by atomic mass is 16.5. The van der Waals surface area contributed by atoms with Gasteiger partial charge in [0, 0.05) is 11.4 Å². The largest absolute Gasteiger partial charge is 0.490 e. The van der Waals surface area contributed by atoms with Gasteiger partial charge in [-0.05, 0) is 38.1 Å². The van der Waals surface area contributed by atoms with Crippen LogP contribution in [0.4, 0.5) is 5.69 Å². The van der Waals surface area contributed by atoms with Gasteiger partial charge in [-0.1, -0.05) is 12.1 Å². The molecule has 0 bridgehead atoms. The number of nitrogens with two attached hydrogens (primary N) is 1. The highest BCUT2D eigenvalue weighted by molar-refractivity contribution is 5.51. The van der Waals surface area contributed by atoms with Gasteiger partial charge in [0.25, 0.3) is 0 Å². The van der Waals surface area contributed by atoms with Crippen LogP contribution in [0.25, 0.3) is 0 Å². The summed E-state index contributed by atoms with van der Waals surface area (Å²) in [4.78, 5) is 0. The topological polar surface area (TPSA) is 40.2 Å². The van der Waals surface area contributed by atoms with E-state index >= 15 is 0 Å². The Bertz CT molecular complexity index is 483. The molecule has 90 valence electrons. The Morgan fingerprint density at radius 1 is 1.06 bits per heavy atom. The zero-order chi connectivity index (χ0) is 12.3. The minimum absolute atomic E-state index is 0.630. The number of benzene rings is 1. The lowest BCUT2D eigenvalue weighted by Crippen LogP contribution is -2.11. The summed E-state index contributed by atoms with van der Waals surface area (Å²) in [7, 11) is 0. The van der Waals surface area contributed by atoms with E-state index in [0.717, 1.165) is 12.3 Å². The number of ether oxygens (including phenoxy) is 1. The summed E-state index contributed by atoms with van der Waals surface area (Å²) < 4.78 is 7.91. The summed E-state index contributed by atoms with van der Waals surface area (Å²) in [6, 6.07) is 11.8. The summed E-state index contributed by atoms with van der Waals surface area (Å²) in [6.45, 7) is 5.68. The van der Waals surface area contributed by atoms with Crippen LogP contribution in [0.15, 0.2) is 36.4 Å². The highest BCUT2D eigenvalue weighted by Crippen LogP contribution is 2.19. The molecule has 3 nitrogen and oxygen atoms in total. The van der Waals surface area contributed by atoms with E-state index in [4.69, 9.17) is 10.5 Å². The van der Waals surface area contributed by atoms with Crippen molar-refractivity contribution in [2.45, 2.75) is 20.4 Å². The zero-order valence-corrected chi connectivity index (χ0v) is 10.3. The van der Waals surface area contributed by atoms with Crippen molar-refractivity contribution < 1.29 is 4.74 Å².